The Bertz CT molecular complexity index is 474. The third-order valence-electron chi connectivity index (χ3n) is 2.17. The van der Waals surface area contributed by atoms with Crippen LogP contribution in [0.5, 0.6) is 0 Å². The molecule has 0 spiro atoms. The minimum absolute atomic E-state index is 0.476. The monoisotopic (exact) mass is 203 g/mol. The molecule has 0 aliphatic rings. The molecule has 2 aromatic heterocycles. The van der Waals surface area contributed by atoms with Crippen molar-refractivity contribution in [1.82, 2.24) is 19.7 Å². The van der Waals surface area contributed by atoms with Crippen LogP contribution in [0, 0.1) is 6.92 Å². The van der Waals surface area contributed by atoms with Crippen molar-refractivity contribution in [1.29, 1.82) is 0 Å². The van der Waals surface area contributed by atoms with E-state index in [9.17, 15) is 0 Å². The first-order chi connectivity index (χ1) is 7.20. The third kappa shape index (κ3) is 1.81. The van der Waals surface area contributed by atoms with Gasteiger partial charge in [0.25, 0.3) is 0 Å². The van der Waals surface area contributed by atoms with E-state index in [-0.39, 0.29) is 0 Å². The van der Waals surface area contributed by atoms with Gasteiger partial charge in [-0.25, -0.2) is 9.97 Å². The van der Waals surface area contributed by atoms with E-state index in [2.05, 4.69) is 15.1 Å². The van der Waals surface area contributed by atoms with Gasteiger partial charge in [-0.05, 0) is 26.0 Å². The number of nitrogens with two attached hydrogens (primary N) is 1. The Hall–Kier alpha value is -1.91. The fourth-order valence-electron chi connectivity index (χ4n) is 1.34. The van der Waals surface area contributed by atoms with E-state index in [4.69, 9.17) is 5.73 Å². The molecule has 0 aliphatic heterocycles. The molecule has 78 valence electrons. The van der Waals surface area contributed by atoms with Crippen molar-refractivity contribution < 1.29 is 0 Å². The Morgan fingerprint density at radius 1 is 1.40 bits per heavy atom. The minimum Gasteiger partial charge on any atom is -0.383 e. The molecule has 0 aromatic carbocycles. The van der Waals surface area contributed by atoms with Gasteiger partial charge in [-0.15, -0.1) is 0 Å². The van der Waals surface area contributed by atoms with E-state index in [1.54, 1.807) is 11.0 Å². The molecule has 0 saturated heterocycles. The summed E-state index contributed by atoms with van der Waals surface area (Å²) < 4.78 is 1.76. The van der Waals surface area contributed by atoms with Crippen LogP contribution in [0.2, 0.25) is 0 Å². The predicted octanol–water partition coefficient (Wildman–Crippen LogP) is 1.25. The van der Waals surface area contributed by atoms with Crippen molar-refractivity contribution in [3.05, 3.63) is 24.2 Å². The second kappa shape index (κ2) is 3.68. The van der Waals surface area contributed by atoms with E-state index in [1.165, 1.54) is 0 Å². The second-order valence-electron chi connectivity index (χ2n) is 3.31. The lowest BCUT2D eigenvalue weighted by molar-refractivity contribution is 0.659. The average Bonchev–Trinajstić information content (AvgIpc) is 2.66. The lowest BCUT2D eigenvalue weighted by atomic mass is 10.2. The highest BCUT2D eigenvalue weighted by Gasteiger charge is 2.08. The van der Waals surface area contributed by atoms with Gasteiger partial charge in [0.2, 0.25) is 0 Å². The number of anilines is 1. The normalized spacial score (nSPS) is 10.5. The van der Waals surface area contributed by atoms with Gasteiger partial charge in [0.05, 0.1) is 5.56 Å². The quantitative estimate of drug-likeness (QED) is 0.797. The number of hydrogen-bond acceptors (Lipinski definition) is 4. The van der Waals surface area contributed by atoms with Crippen LogP contribution in [0.15, 0.2) is 18.5 Å². The van der Waals surface area contributed by atoms with Crippen LogP contribution in [0.1, 0.15) is 12.6 Å². The van der Waals surface area contributed by atoms with E-state index in [1.807, 2.05) is 26.0 Å². The van der Waals surface area contributed by atoms with E-state index in [0.717, 1.165) is 17.8 Å². The van der Waals surface area contributed by atoms with Crippen LogP contribution in [0.3, 0.4) is 0 Å². The highest BCUT2D eigenvalue weighted by atomic mass is 15.3. The summed E-state index contributed by atoms with van der Waals surface area (Å²) in [5.41, 5.74) is 7.48. The van der Waals surface area contributed by atoms with Crippen molar-refractivity contribution in [2.45, 2.75) is 20.4 Å². The molecule has 5 nitrogen and oxygen atoms in total. The first-order valence-corrected chi connectivity index (χ1v) is 4.83. The Morgan fingerprint density at radius 3 is 2.80 bits per heavy atom. The maximum atomic E-state index is 5.80. The lowest BCUT2D eigenvalue weighted by Gasteiger charge is -2.01. The summed E-state index contributed by atoms with van der Waals surface area (Å²) in [5.74, 6) is 1.10. The zero-order valence-corrected chi connectivity index (χ0v) is 8.81. The number of nitrogens with zero attached hydrogens (tertiary/aromatic N) is 4. The molecule has 2 rings (SSSR count). The number of aromatic nitrogens is 4. The predicted molar refractivity (Wildman–Crippen MR) is 58.1 cm³/mol. The van der Waals surface area contributed by atoms with Crippen LogP contribution in [0.25, 0.3) is 11.4 Å². The Balaban J connectivity index is 2.44. The molecule has 2 N–H and O–H groups in total. The smallest absolute Gasteiger partial charge is 0.184 e. The van der Waals surface area contributed by atoms with Gasteiger partial charge >= 0.3 is 0 Å². The lowest BCUT2D eigenvalue weighted by Crippen LogP contribution is -1.98. The molecule has 0 aliphatic carbocycles. The van der Waals surface area contributed by atoms with Crippen molar-refractivity contribution >= 4 is 5.82 Å². The van der Waals surface area contributed by atoms with E-state index in [0.29, 0.717) is 11.6 Å². The van der Waals surface area contributed by atoms with Gasteiger partial charge in [0.15, 0.2) is 5.82 Å². The Kier molecular flexibility index (Phi) is 2.37. The number of nitrogen functional groups attached to an aromatic ring is 1. The van der Waals surface area contributed by atoms with Gasteiger partial charge in [-0.2, -0.15) is 5.10 Å². The minimum atomic E-state index is 0.476. The number of pyridine rings is 1. The molecular weight excluding hydrogens is 190 g/mol. The fraction of sp³-hybridized carbons (Fsp3) is 0.300. The Labute approximate surface area is 88.0 Å². The van der Waals surface area contributed by atoms with Gasteiger partial charge in [0.1, 0.15) is 12.1 Å². The maximum Gasteiger partial charge on any atom is 0.184 e. The summed E-state index contributed by atoms with van der Waals surface area (Å²) >= 11 is 0. The molecule has 5 heteroatoms. The van der Waals surface area contributed by atoms with Crippen LogP contribution in [-0.4, -0.2) is 19.7 Å². The largest absolute Gasteiger partial charge is 0.383 e. The molecule has 0 unspecified atom stereocenters. The highest BCUT2D eigenvalue weighted by molar-refractivity contribution is 5.67. The summed E-state index contributed by atoms with van der Waals surface area (Å²) in [6, 6.07) is 3.80. The molecule has 2 heterocycles. The molecule has 0 bridgehead atoms. The number of rotatable bonds is 2. The van der Waals surface area contributed by atoms with Crippen molar-refractivity contribution in [2.24, 2.45) is 0 Å². The SMILES string of the molecule is CCn1cnc(-c2ccc(C)nc2N)n1. The summed E-state index contributed by atoms with van der Waals surface area (Å²) in [7, 11) is 0. The summed E-state index contributed by atoms with van der Waals surface area (Å²) in [5, 5.41) is 4.28. The molecule has 0 atom stereocenters. The maximum absolute atomic E-state index is 5.80. The third-order valence-corrected chi connectivity index (χ3v) is 2.17. The standard InChI is InChI=1S/C10H13N5/c1-3-15-6-12-10(14-15)8-5-4-7(2)13-9(8)11/h4-6H,3H2,1-2H3,(H2,11,13). The second-order valence-corrected chi connectivity index (χ2v) is 3.31. The van der Waals surface area contributed by atoms with Crippen LogP contribution >= 0.6 is 0 Å². The molecule has 15 heavy (non-hydrogen) atoms. The van der Waals surface area contributed by atoms with Crippen LogP contribution in [-0.2, 0) is 6.54 Å². The fourth-order valence-corrected chi connectivity index (χ4v) is 1.34. The van der Waals surface area contributed by atoms with Gasteiger partial charge < -0.3 is 5.73 Å². The first-order valence-electron chi connectivity index (χ1n) is 4.83. The van der Waals surface area contributed by atoms with Crippen LogP contribution in [0.4, 0.5) is 5.82 Å². The summed E-state index contributed by atoms with van der Waals surface area (Å²) in [6.07, 6.45) is 1.69. The zero-order valence-electron chi connectivity index (χ0n) is 8.81. The Morgan fingerprint density at radius 2 is 2.20 bits per heavy atom. The number of hydrogen-bond donors (Lipinski definition) is 1. The molecule has 0 saturated carbocycles. The van der Waals surface area contributed by atoms with Gasteiger partial charge in [-0.3, -0.25) is 4.68 Å². The number of aryl methyl sites for hydroxylation is 2. The van der Waals surface area contributed by atoms with Gasteiger partial charge in [0, 0.05) is 12.2 Å². The van der Waals surface area contributed by atoms with Crippen molar-refractivity contribution in [2.75, 3.05) is 5.73 Å². The van der Waals surface area contributed by atoms with E-state index < -0.39 is 0 Å². The molecule has 2 aromatic rings. The summed E-state index contributed by atoms with van der Waals surface area (Å²) in [6.45, 7) is 4.71. The van der Waals surface area contributed by atoms with E-state index >= 15 is 0 Å². The van der Waals surface area contributed by atoms with Crippen LogP contribution < -0.4 is 5.73 Å². The topological polar surface area (TPSA) is 69.6 Å². The molecule has 0 amide bonds. The molecule has 0 fully saturated rings. The summed E-state index contributed by atoms with van der Waals surface area (Å²) in [4.78, 5) is 8.35. The first kappa shape index (κ1) is 9.64. The van der Waals surface area contributed by atoms with Gasteiger partial charge in [-0.1, -0.05) is 0 Å². The molecular formula is C10H13N5. The highest BCUT2D eigenvalue weighted by Crippen LogP contribution is 2.20. The van der Waals surface area contributed by atoms with Crippen molar-refractivity contribution in [3.8, 4) is 11.4 Å². The average molecular weight is 203 g/mol. The zero-order chi connectivity index (χ0) is 10.8. The van der Waals surface area contributed by atoms with Crippen molar-refractivity contribution in [3.63, 3.8) is 0 Å². The molecule has 0 radical (unpaired) electrons.